The van der Waals surface area contributed by atoms with Gasteiger partial charge in [-0.25, -0.2) is 8.42 Å². The van der Waals surface area contributed by atoms with E-state index in [2.05, 4.69) is 14.9 Å². The van der Waals surface area contributed by atoms with Crippen LogP contribution in [0, 0.1) is 0 Å². The van der Waals surface area contributed by atoms with E-state index in [1.165, 1.54) is 0 Å². The number of nitrogens with zero attached hydrogens (tertiary/aromatic N) is 1. The van der Waals surface area contributed by atoms with Crippen LogP contribution in [0.5, 0.6) is 5.75 Å². The fourth-order valence-electron chi connectivity index (χ4n) is 4.87. The molecule has 7 nitrogen and oxygen atoms in total. The van der Waals surface area contributed by atoms with Gasteiger partial charge in [0.15, 0.2) is 5.60 Å². The van der Waals surface area contributed by atoms with Crippen molar-refractivity contribution < 1.29 is 17.9 Å². The van der Waals surface area contributed by atoms with Crippen LogP contribution < -0.4 is 19.7 Å². The fraction of sp³-hybridized carbons (Fsp3) is 0.458. The Bertz CT molecular complexity index is 1160. The molecule has 2 heterocycles. The lowest BCUT2D eigenvalue weighted by Gasteiger charge is -2.41. The molecule has 34 heavy (non-hydrogen) atoms. The Labute approximate surface area is 210 Å². The molecule has 2 atom stereocenters. The summed E-state index contributed by atoms with van der Waals surface area (Å²) in [6, 6.07) is 13.1. The number of amides is 1. The van der Waals surface area contributed by atoms with Gasteiger partial charge in [0.2, 0.25) is 10.0 Å². The molecule has 2 saturated heterocycles. The van der Waals surface area contributed by atoms with Gasteiger partial charge in [0.1, 0.15) is 5.75 Å². The molecular weight excluding hydrogens is 497 g/mol. The van der Waals surface area contributed by atoms with Crippen LogP contribution >= 0.6 is 23.2 Å². The third-order valence-electron chi connectivity index (χ3n) is 6.35. The van der Waals surface area contributed by atoms with Gasteiger partial charge in [-0.05, 0) is 75.9 Å². The van der Waals surface area contributed by atoms with Gasteiger partial charge in [-0.3, -0.25) is 9.52 Å². The van der Waals surface area contributed by atoms with Gasteiger partial charge in [-0.2, -0.15) is 0 Å². The van der Waals surface area contributed by atoms with Crippen LogP contribution in [-0.4, -0.2) is 44.3 Å². The lowest BCUT2D eigenvalue weighted by atomic mass is 9.95. The number of ether oxygens (including phenoxy) is 1. The summed E-state index contributed by atoms with van der Waals surface area (Å²) in [6.45, 7) is 3.47. The van der Waals surface area contributed by atoms with E-state index in [4.69, 9.17) is 27.9 Å². The number of carbonyl (C=O) groups excluding carboxylic acids is 1. The predicted octanol–water partition coefficient (Wildman–Crippen LogP) is 4.84. The van der Waals surface area contributed by atoms with Crippen molar-refractivity contribution in [3.8, 4) is 5.75 Å². The van der Waals surface area contributed by atoms with Crippen LogP contribution in [0.3, 0.4) is 0 Å². The van der Waals surface area contributed by atoms with E-state index in [1.807, 2.05) is 12.1 Å². The Morgan fingerprint density at radius 1 is 1.03 bits per heavy atom. The zero-order valence-corrected chi connectivity index (χ0v) is 21.7. The first-order chi connectivity index (χ1) is 15.9. The van der Waals surface area contributed by atoms with E-state index in [1.54, 1.807) is 44.2 Å². The number of benzene rings is 2. The standard InChI is InChI=1S/C24H29Cl2N3O4S/c1-24(2,33-20-10-11-21(25)22(26)14-20)23(30)27-16-12-18-8-9-19(13-16)29(18)17-6-4-15(5-7-17)28-34(3,31)32/h4-7,10-11,14,16,18-19,28H,8-9,12-13H2,1-3H3,(H,27,30). The molecule has 0 saturated carbocycles. The minimum atomic E-state index is -3.31. The number of anilines is 2. The fourth-order valence-corrected chi connectivity index (χ4v) is 5.72. The van der Waals surface area contributed by atoms with Gasteiger partial charge in [0.05, 0.1) is 16.3 Å². The van der Waals surface area contributed by atoms with Crippen LogP contribution in [0.15, 0.2) is 42.5 Å². The molecule has 2 unspecified atom stereocenters. The van der Waals surface area contributed by atoms with Crippen molar-refractivity contribution in [1.82, 2.24) is 5.32 Å². The molecule has 2 aromatic carbocycles. The van der Waals surface area contributed by atoms with Gasteiger partial charge in [0, 0.05) is 35.6 Å². The second kappa shape index (κ2) is 9.47. The number of piperidine rings is 1. The molecule has 2 aliphatic heterocycles. The van der Waals surface area contributed by atoms with Gasteiger partial charge < -0.3 is 15.0 Å². The molecule has 2 bridgehead atoms. The highest BCUT2D eigenvalue weighted by molar-refractivity contribution is 7.92. The average Bonchev–Trinajstić information content (AvgIpc) is 3.00. The van der Waals surface area contributed by atoms with Gasteiger partial charge in [-0.15, -0.1) is 0 Å². The highest BCUT2D eigenvalue weighted by Gasteiger charge is 2.42. The van der Waals surface area contributed by atoms with Gasteiger partial charge >= 0.3 is 0 Å². The third-order valence-corrected chi connectivity index (χ3v) is 7.69. The maximum absolute atomic E-state index is 13.1. The van der Waals surface area contributed by atoms with Crippen molar-refractivity contribution in [2.24, 2.45) is 0 Å². The van der Waals surface area contributed by atoms with Crippen molar-refractivity contribution in [1.29, 1.82) is 0 Å². The molecular formula is C24H29Cl2N3O4S. The first-order valence-electron chi connectivity index (χ1n) is 11.2. The zero-order valence-electron chi connectivity index (χ0n) is 19.3. The summed E-state index contributed by atoms with van der Waals surface area (Å²) < 4.78 is 31.3. The number of fused-ring (bicyclic) bond motifs is 2. The Balaban J connectivity index is 1.38. The molecule has 0 spiro atoms. The SMILES string of the molecule is CC(C)(Oc1ccc(Cl)c(Cl)c1)C(=O)NC1CC2CCC(C1)N2c1ccc(NS(C)(=O)=O)cc1. The number of rotatable bonds is 7. The predicted molar refractivity (Wildman–Crippen MR) is 137 cm³/mol. The third kappa shape index (κ3) is 5.73. The second-order valence-corrected chi connectivity index (χ2v) is 12.1. The summed E-state index contributed by atoms with van der Waals surface area (Å²) in [4.78, 5) is 15.5. The normalized spacial score (nSPS) is 22.4. The molecule has 0 aromatic heterocycles. The van der Waals surface area contributed by atoms with Crippen molar-refractivity contribution in [3.63, 3.8) is 0 Å². The van der Waals surface area contributed by atoms with Crippen LogP contribution in [0.2, 0.25) is 10.0 Å². The number of sulfonamides is 1. The summed E-state index contributed by atoms with van der Waals surface area (Å²) in [5.74, 6) is 0.311. The van der Waals surface area contributed by atoms with E-state index in [0.29, 0.717) is 33.6 Å². The van der Waals surface area contributed by atoms with Crippen LogP contribution in [0.1, 0.15) is 39.5 Å². The Hall–Kier alpha value is -2.16. The van der Waals surface area contributed by atoms with Crippen molar-refractivity contribution in [2.45, 2.75) is 63.3 Å². The molecule has 10 heteroatoms. The minimum absolute atomic E-state index is 0.0594. The number of nitrogens with one attached hydrogen (secondary N) is 2. The number of hydrogen-bond donors (Lipinski definition) is 2. The summed E-state index contributed by atoms with van der Waals surface area (Å²) in [5, 5.41) is 3.99. The molecule has 0 radical (unpaired) electrons. The topological polar surface area (TPSA) is 87.7 Å². The molecule has 1 amide bonds. The van der Waals surface area contributed by atoms with Crippen molar-refractivity contribution >= 4 is 50.5 Å². The lowest BCUT2D eigenvalue weighted by molar-refractivity contribution is -0.135. The van der Waals surface area contributed by atoms with Gasteiger partial charge in [0.25, 0.3) is 5.91 Å². The minimum Gasteiger partial charge on any atom is -0.478 e. The summed E-state index contributed by atoms with van der Waals surface area (Å²) >= 11 is 12.0. The quantitative estimate of drug-likeness (QED) is 0.539. The Morgan fingerprint density at radius 2 is 1.65 bits per heavy atom. The first kappa shape index (κ1) is 24.9. The number of halogens is 2. The summed E-state index contributed by atoms with van der Waals surface area (Å²) in [6.07, 6.45) is 4.94. The van der Waals surface area contributed by atoms with Gasteiger partial charge in [-0.1, -0.05) is 23.2 Å². The molecule has 2 aromatic rings. The summed E-state index contributed by atoms with van der Waals surface area (Å²) in [7, 11) is -3.31. The van der Waals surface area contributed by atoms with E-state index in [-0.39, 0.29) is 11.9 Å². The summed E-state index contributed by atoms with van der Waals surface area (Å²) in [5.41, 5.74) is 0.542. The monoisotopic (exact) mass is 525 g/mol. The second-order valence-electron chi connectivity index (χ2n) is 9.54. The van der Waals surface area contributed by atoms with E-state index in [0.717, 1.165) is 37.6 Å². The average molecular weight is 526 g/mol. The first-order valence-corrected chi connectivity index (χ1v) is 13.9. The highest BCUT2D eigenvalue weighted by Crippen LogP contribution is 2.40. The van der Waals surface area contributed by atoms with E-state index >= 15 is 0 Å². The van der Waals surface area contributed by atoms with Crippen LogP contribution in [0.25, 0.3) is 0 Å². The van der Waals surface area contributed by atoms with Crippen molar-refractivity contribution in [2.75, 3.05) is 15.9 Å². The molecule has 2 fully saturated rings. The molecule has 184 valence electrons. The maximum atomic E-state index is 13.1. The van der Waals surface area contributed by atoms with E-state index in [9.17, 15) is 13.2 Å². The molecule has 2 aliphatic rings. The maximum Gasteiger partial charge on any atom is 0.263 e. The molecule has 2 N–H and O–H groups in total. The van der Waals surface area contributed by atoms with Crippen molar-refractivity contribution in [3.05, 3.63) is 52.5 Å². The lowest BCUT2D eigenvalue weighted by Crippen LogP contribution is -2.55. The van der Waals surface area contributed by atoms with Crippen LogP contribution in [-0.2, 0) is 14.8 Å². The number of hydrogen-bond acceptors (Lipinski definition) is 5. The van der Waals surface area contributed by atoms with Crippen LogP contribution in [0.4, 0.5) is 11.4 Å². The largest absolute Gasteiger partial charge is 0.478 e. The Kier molecular flexibility index (Phi) is 6.95. The number of carbonyl (C=O) groups is 1. The smallest absolute Gasteiger partial charge is 0.263 e. The zero-order chi connectivity index (χ0) is 24.7. The molecule has 4 rings (SSSR count). The van der Waals surface area contributed by atoms with E-state index < -0.39 is 15.6 Å². The molecule has 0 aliphatic carbocycles. The Morgan fingerprint density at radius 3 is 2.21 bits per heavy atom. The highest BCUT2D eigenvalue weighted by atomic mass is 35.5.